The van der Waals surface area contributed by atoms with Crippen molar-refractivity contribution in [1.82, 2.24) is 14.8 Å². The highest BCUT2D eigenvalue weighted by Crippen LogP contribution is 2.42. The van der Waals surface area contributed by atoms with Crippen molar-refractivity contribution in [3.63, 3.8) is 0 Å². The number of rotatable bonds is 3. The molecule has 0 spiro atoms. The van der Waals surface area contributed by atoms with Gasteiger partial charge in [0, 0.05) is 23.3 Å². The average molecular weight is 342 g/mol. The van der Waals surface area contributed by atoms with E-state index in [9.17, 15) is 4.79 Å². The van der Waals surface area contributed by atoms with E-state index in [4.69, 9.17) is 4.74 Å². The average Bonchev–Trinajstić information content (AvgIpc) is 3.03. The van der Waals surface area contributed by atoms with Crippen LogP contribution in [0.15, 0.2) is 40.7 Å². The smallest absolute Gasteiger partial charge is 0.227 e. The Morgan fingerprint density at radius 3 is 2.96 bits per heavy atom. The van der Waals surface area contributed by atoms with Gasteiger partial charge < -0.3 is 10.1 Å². The number of methoxy groups -OCH3 is 1. The van der Waals surface area contributed by atoms with Crippen LogP contribution in [0, 0.1) is 0 Å². The Kier molecular flexibility index (Phi) is 3.80. The summed E-state index contributed by atoms with van der Waals surface area (Å²) >= 11 is 1.49. The summed E-state index contributed by atoms with van der Waals surface area (Å²) in [6, 6.07) is 7.49. The van der Waals surface area contributed by atoms with Crippen LogP contribution in [0.5, 0.6) is 5.75 Å². The lowest BCUT2D eigenvalue weighted by molar-refractivity contribution is -0.116. The Labute approximate surface area is 144 Å². The molecule has 1 aromatic heterocycles. The molecule has 0 unspecified atom stereocenters. The van der Waals surface area contributed by atoms with Gasteiger partial charge in [0.1, 0.15) is 11.8 Å². The van der Waals surface area contributed by atoms with E-state index in [-0.39, 0.29) is 11.8 Å². The molecule has 2 heterocycles. The summed E-state index contributed by atoms with van der Waals surface area (Å²) in [6.45, 7) is 0. The second-order valence-electron chi connectivity index (χ2n) is 5.81. The van der Waals surface area contributed by atoms with Gasteiger partial charge in [0.15, 0.2) is 5.78 Å². The second-order valence-corrected chi connectivity index (χ2v) is 6.58. The van der Waals surface area contributed by atoms with Gasteiger partial charge in [0.2, 0.25) is 11.1 Å². The third-order valence-electron chi connectivity index (χ3n) is 4.46. The van der Waals surface area contributed by atoms with E-state index < -0.39 is 0 Å². The van der Waals surface area contributed by atoms with E-state index in [0.717, 1.165) is 35.4 Å². The molecule has 6 nitrogen and oxygen atoms in total. The van der Waals surface area contributed by atoms with Gasteiger partial charge in [-0.1, -0.05) is 30.0 Å². The zero-order valence-electron chi connectivity index (χ0n) is 13.6. The topological polar surface area (TPSA) is 69.0 Å². The minimum absolute atomic E-state index is 0.173. The molecule has 0 radical (unpaired) electrons. The van der Waals surface area contributed by atoms with Crippen LogP contribution in [-0.2, 0) is 4.79 Å². The Bertz CT molecular complexity index is 843. The first-order valence-electron chi connectivity index (χ1n) is 7.89. The number of nitrogens with one attached hydrogen (secondary N) is 1. The van der Waals surface area contributed by atoms with E-state index in [2.05, 4.69) is 15.4 Å². The number of carbonyl (C=O) groups is 1. The number of nitrogens with zero attached hydrogens (tertiary/aromatic N) is 3. The zero-order chi connectivity index (χ0) is 16.7. The summed E-state index contributed by atoms with van der Waals surface area (Å²) in [7, 11) is 1.65. The fraction of sp³-hybridized carbons (Fsp3) is 0.353. The molecular weight excluding hydrogens is 324 g/mol. The van der Waals surface area contributed by atoms with Crippen LogP contribution in [-0.4, -0.2) is 33.9 Å². The van der Waals surface area contributed by atoms with Gasteiger partial charge in [-0.3, -0.25) is 4.79 Å². The van der Waals surface area contributed by atoms with Crippen LogP contribution in [0.2, 0.25) is 0 Å². The highest BCUT2D eigenvalue weighted by atomic mass is 32.2. The third-order valence-corrected chi connectivity index (χ3v) is 5.00. The quantitative estimate of drug-likeness (QED) is 0.865. The number of anilines is 1. The molecule has 0 bridgehead atoms. The minimum atomic E-state index is -0.298. The Morgan fingerprint density at radius 1 is 1.33 bits per heavy atom. The molecule has 1 atom stereocenters. The standard InChI is InChI=1S/C17H18N4O2S/c1-23-13-9-4-3-6-10(13)15-14-11(7-5-8-12(14)22)18-16-19-17(24-2)20-21(15)16/h3-4,6,9,15H,5,7-8H2,1-2H3,(H,18,19,20)/t15-/m0/s1. The van der Waals surface area contributed by atoms with Crippen molar-refractivity contribution < 1.29 is 9.53 Å². The normalized spacial score (nSPS) is 19.6. The first-order valence-corrected chi connectivity index (χ1v) is 9.12. The van der Waals surface area contributed by atoms with Crippen LogP contribution < -0.4 is 10.1 Å². The molecule has 1 aliphatic heterocycles. The summed E-state index contributed by atoms with van der Waals surface area (Å²) in [5.74, 6) is 1.61. The molecule has 0 saturated heterocycles. The summed E-state index contributed by atoms with van der Waals surface area (Å²) in [4.78, 5) is 17.2. The monoisotopic (exact) mass is 342 g/mol. The predicted molar refractivity (Wildman–Crippen MR) is 92.4 cm³/mol. The van der Waals surface area contributed by atoms with Crippen LogP contribution in [0.3, 0.4) is 0 Å². The molecular formula is C17H18N4O2S. The number of fused-ring (bicyclic) bond motifs is 1. The molecule has 1 aliphatic carbocycles. The lowest BCUT2D eigenvalue weighted by Crippen LogP contribution is -2.31. The van der Waals surface area contributed by atoms with E-state index in [1.54, 1.807) is 7.11 Å². The molecule has 2 aromatic rings. The lowest BCUT2D eigenvalue weighted by atomic mass is 9.85. The van der Waals surface area contributed by atoms with Gasteiger partial charge in [0.05, 0.1) is 7.11 Å². The number of benzene rings is 1. The maximum absolute atomic E-state index is 12.7. The summed E-state index contributed by atoms with van der Waals surface area (Å²) in [6.07, 6.45) is 4.24. The molecule has 4 rings (SSSR count). The summed E-state index contributed by atoms with van der Waals surface area (Å²) < 4.78 is 7.35. The molecule has 2 aliphatic rings. The number of hydrogen-bond donors (Lipinski definition) is 1. The molecule has 1 N–H and O–H groups in total. The summed E-state index contributed by atoms with van der Waals surface area (Å²) in [5, 5.41) is 8.59. The highest BCUT2D eigenvalue weighted by molar-refractivity contribution is 7.98. The van der Waals surface area contributed by atoms with Crippen molar-refractivity contribution in [3.8, 4) is 5.75 Å². The predicted octanol–water partition coefficient (Wildman–Crippen LogP) is 3.03. The van der Waals surface area contributed by atoms with E-state index in [1.165, 1.54) is 11.8 Å². The number of ether oxygens (including phenoxy) is 1. The van der Waals surface area contributed by atoms with Gasteiger partial charge in [-0.15, -0.1) is 5.10 Å². The van der Waals surface area contributed by atoms with Crippen LogP contribution >= 0.6 is 11.8 Å². The molecule has 24 heavy (non-hydrogen) atoms. The number of allylic oxidation sites excluding steroid dienone is 2. The Morgan fingerprint density at radius 2 is 2.17 bits per heavy atom. The van der Waals surface area contributed by atoms with Crippen molar-refractivity contribution in [3.05, 3.63) is 41.1 Å². The van der Waals surface area contributed by atoms with E-state index >= 15 is 0 Å². The number of carbonyl (C=O) groups excluding carboxylic acids is 1. The number of aromatic nitrogens is 3. The van der Waals surface area contributed by atoms with Crippen LogP contribution in [0.25, 0.3) is 0 Å². The van der Waals surface area contributed by atoms with Crippen molar-refractivity contribution in [2.45, 2.75) is 30.5 Å². The highest BCUT2D eigenvalue weighted by Gasteiger charge is 2.37. The van der Waals surface area contributed by atoms with Gasteiger partial charge in [-0.25, -0.2) is 4.68 Å². The maximum atomic E-state index is 12.7. The first kappa shape index (κ1) is 15.3. The number of hydrogen-bond acceptors (Lipinski definition) is 6. The fourth-order valence-electron chi connectivity index (χ4n) is 3.40. The molecule has 0 amide bonds. The Hall–Kier alpha value is -2.28. The van der Waals surface area contributed by atoms with Crippen molar-refractivity contribution in [1.29, 1.82) is 0 Å². The SMILES string of the molecule is COc1ccccc1[C@H]1C2=C(CCCC2=O)Nc2nc(SC)nn21. The number of ketones is 1. The molecule has 0 fully saturated rings. The molecule has 7 heteroatoms. The summed E-state index contributed by atoms with van der Waals surface area (Å²) in [5.41, 5.74) is 2.69. The second kappa shape index (κ2) is 5.98. The molecule has 124 valence electrons. The van der Waals surface area contributed by atoms with Crippen molar-refractivity contribution >= 4 is 23.5 Å². The molecule has 0 saturated carbocycles. The fourth-order valence-corrected chi connectivity index (χ4v) is 3.75. The van der Waals surface area contributed by atoms with Gasteiger partial charge in [0.25, 0.3) is 0 Å². The Balaban J connectivity index is 1.95. The maximum Gasteiger partial charge on any atom is 0.227 e. The minimum Gasteiger partial charge on any atom is -0.496 e. The van der Waals surface area contributed by atoms with Crippen LogP contribution in [0.4, 0.5) is 5.95 Å². The molecule has 1 aromatic carbocycles. The van der Waals surface area contributed by atoms with E-state index in [1.807, 2.05) is 35.2 Å². The lowest BCUT2D eigenvalue weighted by Gasteiger charge is -2.32. The van der Waals surface area contributed by atoms with E-state index in [0.29, 0.717) is 17.5 Å². The van der Waals surface area contributed by atoms with Gasteiger partial charge in [-0.2, -0.15) is 4.98 Å². The van der Waals surface area contributed by atoms with Gasteiger partial charge in [-0.05, 0) is 25.2 Å². The first-order chi connectivity index (χ1) is 11.7. The number of Topliss-reactive ketones (excluding diaryl/α,β-unsaturated/α-hetero) is 1. The number of thioether (sulfide) groups is 1. The zero-order valence-corrected chi connectivity index (χ0v) is 14.4. The van der Waals surface area contributed by atoms with Crippen LogP contribution in [0.1, 0.15) is 30.9 Å². The van der Waals surface area contributed by atoms with Crippen molar-refractivity contribution in [2.75, 3.05) is 18.7 Å². The third kappa shape index (κ3) is 2.31. The van der Waals surface area contributed by atoms with Crippen molar-refractivity contribution in [2.24, 2.45) is 0 Å². The number of para-hydroxylation sites is 1. The largest absolute Gasteiger partial charge is 0.496 e. The van der Waals surface area contributed by atoms with Gasteiger partial charge >= 0.3 is 0 Å².